The SMILES string of the molecule is CC(C)(O)CCOC(C)(C)CCC(N)=O. The van der Waals surface area contributed by atoms with Crippen LogP contribution in [-0.2, 0) is 9.53 Å². The van der Waals surface area contributed by atoms with Crippen molar-refractivity contribution in [3.05, 3.63) is 0 Å². The summed E-state index contributed by atoms with van der Waals surface area (Å²) in [6.45, 7) is 7.80. The summed E-state index contributed by atoms with van der Waals surface area (Å²) in [6.07, 6.45) is 1.51. The van der Waals surface area contributed by atoms with Gasteiger partial charge in [0.25, 0.3) is 0 Å². The number of hydrogen-bond acceptors (Lipinski definition) is 3. The maximum Gasteiger partial charge on any atom is 0.217 e. The third kappa shape index (κ3) is 9.69. The van der Waals surface area contributed by atoms with Gasteiger partial charge in [-0.15, -0.1) is 0 Å². The summed E-state index contributed by atoms with van der Waals surface area (Å²) in [5.74, 6) is -0.311. The van der Waals surface area contributed by atoms with Crippen LogP contribution in [0, 0.1) is 0 Å². The quantitative estimate of drug-likeness (QED) is 0.673. The molecule has 1 amide bonds. The summed E-state index contributed by atoms with van der Waals surface area (Å²) in [7, 11) is 0. The van der Waals surface area contributed by atoms with Crippen LogP contribution in [-0.4, -0.2) is 28.8 Å². The Morgan fingerprint density at radius 2 is 1.80 bits per heavy atom. The number of carbonyl (C=O) groups is 1. The van der Waals surface area contributed by atoms with E-state index in [1.54, 1.807) is 13.8 Å². The second-order valence-electron chi connectivity index (χ2n) is 5.14. The molecule has 0 unspecified atom stereocenters. The lowest BCUT2D eigenvalue weighted by Crippen LogP contribution is -2.30. The van der Waals surface area contributed by atoms with Crippen molar-refractivity contribution < 1.29 is 14.6 Å². The molecule has 0 aromatic carbocycles. The second-order valence-corrected chi connectivity index (χ2v) is 5.14. The van der Waals surface area contributed by atoms with Crippen LogP contribution in [0.1, 0.15) is 47.0 Å². The van der Waals surface area contributed by atoms with E-state index in [-0.39, 0.29) is 11.5 Å². The molecule has 15 heavy (non-hydrogen) atoms. The predicted molar refractivity (Wildman–Crippen MR) is 59.4 cm³/mol. The first kappa shape index (κ1) is 14.4. The molecule has 0 bridgehead atoms. The number of nitrogens with two attached hydrogens (primary N) is 1. The minimum Gasteiger partial charge on any atom is -0.390 e. The summed E-state index contributed by atoms with van der Waals surface area (Å²) in [6, 6.07) is 0. The molecular weight excluding hydrogens is 194 g/mol. The number of amides is 1. The summed E-state index contributed by atoms with van der Waals surface area (Å²) < 4.78 is 5.59. The molecule has 3 N–H and O–H groups in total. The van der Waals surface area contributed by atoms with Gasteiger partial charge >= 0.3 is 0 Å². The minimum absolute atomic E-state index is 0.311. The molecular formula is C11H23NO3. The van der Waals surface area contributed by atoms with Gasteiger partial charge in [0.05, 0.1) is 17.8 Å². The van der Waals surface area contributed by atoms with Gasteiger partial charge in [-0.05, 0) is 40.5 Å². The highest BCUT2D eigenvalue weighted by Crippen LogP contribution is 2.18. The molecule has 0 saturated carbocycles. The normalized spacial score (nSPS) is 12.9. The molecule has 0 rings (SSSR count). The first-order valence-corrected chi connectivity index (χ1v) is 5.27. The number of primary amides is 1. The van der Waals surface area contributed by atoms with Gasteiger partial charge in [0.15, 0.2) is 0 Å². The van der Waals surface area contributed by atoms with E-state index in [1.165, 1.54) is 0 Å². The Labute approximate surface area is 91.8 Å². The number of aliphatic hydroxyl groups is 1. The van der Waals surface area contributed by atoms with E-state index >= 15 is 0 Å². The van der Waals surface area contributed by atoms with Crippen LogP contribution in [0.15, 0.2) is 0 Å². The summed E-state index contributed by atoms with van der Waals surface area (Å²) in [5.41, 5.74) is 3.99. The summed E-state index contributed by atoms with van der Waals surface area (Å²) >= 11 is 0. The Balaban J connectivity index is 3.78. The molecule has 0 aliphatic carbocycles. The molecule has 90 valence electrons. The van der Waals surface area contributed by atoms with Gasteiger partial charge in [-0.3, -0.25) is 4.79 Å². The molecule has 0 fully saturated rings. The molecule has 0 radical (unpaired) electrons. The van der Waals surface area contributed by atoms with Crippen molar-refractivity contribution in [1.82, 2.24) is 0 Å². The maximum atomic E-state index is 10.6. The molecule has 0 aliphatic heterocycles. The Morgan fingerprint density at radius 1 is 1.27 bits per heavy atom. The smallest absolute Gasteiger partial charge is 0.217 e. The van der Waals surface area contributed by atoms with Gasteiger partial charge in [0.1, 0.15) is 0 Å². The van der Waals surface area contributed by atoms with E-state index in [0.29, 0.717) is 25.9 Å². The molecule has 0 aromatic rings. The number of hydrogen-bond donors (Lipinski definition) is 2. The Hall–Kier alpha value is -0.610. The van der Waals surface area contributed by atoms with Gasteiger partial charge in [-0.1, -0.05) is 0 Å². The molecule has 4 nitrogen and oxygen atoms in total. The molecule has 4 heteroatoms. The van der Waals surface area contributed by atoms with E-state index < -0.39 is 5.60 Å². The molecule has 0 saturated heterocycles. The number of rotatable bonds is 7. The highest BCUT2D eigenvalue weighted by atomic mass is 16.5. The first-order chi connectivity index (χ1) is 6.62. The van der Waals surface area contributed by atoms with Crippen LogP contribution < -0.4 is 5.73 Å². The minimum atomic E-state index is -0.709. The third-order valence-corrected chi connectivity index (χ3v) is 2.18. The molecule has 0 aromatic heterocycles. The monoisotopic (exact) mass is 217 g/mol. The lowest BCUT2D eigenvalue weighted by Gasteiger charge is -2.27. The summed E-state index contributed by atoms with van der Waals surface area (Å²) in [4.78, 5) is 10.6. The molecule has 0 atom stereocenters. The van der Waals surface area contributed by atoms with Crippen LogP contribution in [0.2, 0.25) is 0 Å². The average molecular weight is 217 g/mol. The van der Waals surface area contributed by atoms with Crippen molar-refractivity contribution in [2.75, 3.05) is 6.61 Å². The van der Waals surface area contributed by atoms with Crippen molar-refractivity contribution in [3.63, 3.8) is 0 Å². The van der Waals surface area contributed by atoms with Crippen molar-refractivity contribution in [2.45, 2.75) is 58.2 Å². The lowest BCUT2D eigenvalue weighted by molar-refractivity contribution is -0.120. The Kier molecular flexibility index (Phi) is 5.24. The predicted octanol–water partition coefficient (Wildman–Crippen LogP) is 1.21. The topological polar surface area (TPSA) is 72.6 Å². The van der Waals surface area contributed by atoms with Crippen molar-refractivity contribution in [3.8, 4) is 0 Å². The van der Waals surface area contributed by atoms with E-state index in [2.05, 4.69) is 0 Å². The van der Waals surface area contributed by atoms with Crippen LogP contribution in [0.3, 0.4) is 0 Å². The van der Waals surface area contributed by atoms with Gasteiger partial charge < -0.3 is 15.6 Å². The van der Waals surface area contributed by atoms with E-state index in [4.69, 9.17) is 10.5 Å². The third-order valence-electron chi connectivity index (χ3n) is 2.18. The fourth-order valence-corrected chi connectivity index (χ4v) is 1.07. The van der Waals surface area contributed by atoms with Crippen LogP contribution in [0.5, 0.6) is 0 Å². The average Bonchev–Trinajstić information content (AvgIpc) is 1.98. The summed E-state index contributed by atoms with van der Waals surface area (Å²) in [5, 5.41) is 9.48. The van der Waals surface area contributed by atoms with E-state index in [0.717, 1.165) is 0 Å². The van der Waals surface area contributed by atoms with Gasteiger partial charge in [-0.2, -0.15) is 0 Å². The number of carbonyl (C=O) groups excluding carboxylic acids is 1. The lowest BCUT2D eigenvalue weighted by atomic mass is 10.0. The first-order valence-electron chi connectivity index (χ1n) is 5.27. The molecule has 0 aliphatic rings. The van der Waals surface area contributed by atoms with Gasteiger partial charge in [0, 0.05) is 6.42 Å². The van der Waals surface area contributed by atoms with Crippen molar-refractivity contribution in [1.29, 1.82) is 0 Å². The number of ether oxygens (including phenoxy) is 1. The fraction of sp³-hybridized carbons (Fsp3) is 0.909. The van der Waals surface area contributed by atoms with E-state index in [9.17, 15) is 9.90 Å². The Bertz CT molecular complexity index is 206. The second kappa shape index (κ2) is 5.47. The fourth-order valence-electron chi connectivity index (χ4n) is 1.07. The standard InChI is InChI=1S/C11H23NO3/c1-10(2,14)7-8-15-11(3,4)6-5-9(12)13/h14H,5-8H2,1-4H3,(H2,12,13). The zero-order chi connectivity index (χ0) is 12.1. The molecule has 0 spiro atoms. The Morgan fingerprint density at radius 3 is 2.20 bits per heavy atom. The van der Waals surface area contributed by atoms with Crippen LogP contribution in [0.4, 0.5) is 0 Å². The van der Waals surface area contributed by atoms with Crippen LogP contribution in [0.25, 0.3) is 0 Å². The zero-order valence-electron chi connectivity index (χ0n) is 10.2. The van der Waals surface area contributed by atoms with Crippen LogP contribution >= 0.6 is 0 Å². The largest absolute Gasteiger partial charge is 0.390 e. The van der Waals surface area contributed by atoms with Gasteiger partial charge in [0.2, 0.25) is 5.91 Å². The van der Waals surface area contributed by atoms with E-state index in [1.807, 2.05) is 13.8 Å². The highest BCUT2D eigenvalue weighted by molar-refractivity contribution is 5.73. The van der Waals surface area contributed by atoms with Crippen molar-refractivity contribution >= 4 is 5.91 Å². The maximum absolute atomic E-state index is 10.6. The van der Waals surface area contributed by atoms with Gasteiger partial charge in [-0.25, -0.2) is 0 Å². The zero-order valence-corrected chi connectivity index (χ0v) is 10.2. The van der Waals surface area contributed by atoms with Crippen molar-refractivity contribution in [2.24, 2.45) is 5.73 Å². The molecule has 0 heterocycles. The highest BCUT2D eigenvalue weighted by Gasteiger charge is 2.21.